The van der Waals surface area contributed by atoms with Crippen molar-refractivity contribution in [2.75, 3.05) is 25.0 Å². The summed E-state index contributed by atoms with van der Waals surface area (Å²) in [6, 6.07) is 7.18. The van der Waals surface area contributed by atoms with Gasteiger partial charge in [-0.2, -0.15) is 5.10 Å². The van der Waals surface area contributed by atoms with Gasteiger partial charge in [-0.1, -0.05) is 12.1 Å². The van der Waals surface area contributed by atoms with E-state index >= 15 is 0 Å². The van der Waals surface area contributed by atoms with Gasteiger partial charge in [-0.15, -0.1) is 10.2 Å². The Kier molecular flexibility index (Phi) is 8.44. The van der Waals surface area contributed by atoms with Crippen molar-refractivity contribution >= 4 is 23.9 Å². The van der Waals surface area contributed by atoms with E-state index in [1.54, 1.807) is 19.1 Å². The molecule has 10 nitrogen and oxygen atoms in total. The lowest BCUT2D eigenvalue weighted by atomic mass is 10.1. The standard InChI is InChI=1S/C14H15N7O.C4H8O2/c22-14(17-13-10-15-19-20-18-13)12-5-3-11(4-6-12)9-16-21-7-1-2-8-21;1-3-6-4(2)5/h3-6,9-10H,1-2,7-8H2,(H,17,18,19,22);3H2,1-2H3. The van der Waals surface area contributed by atoms with E-state index < -0.39 is 0 Å². The summed E-state index contributed by atoms with van der Waals surface area (Å²) in [7, 11) is 0. The monoisotopic (exact) mass is 385 g/mol. The van der Waals surface area contributed by atoms with Gasteiger partial charge in [0.05, 0.1) is 19.0 Å². The number of carbonyl (C=O) groups is 2. The van der Waals surface area contributed by atoms with E-state index in [1.165, 1.54) is 26.0 Å². The number of amides is 1. The van der Waals surface area contributed by atoms with Crippen molar-refractivity contribution < 1.29 is 14.3 Å². The molecule has 1 fully saturated rings. The summed E-state index contributed by atoms with van der Waals surface area (Å²) < 4.78 is 4.40. The minimum Gasteiger partial charge on any atom is -0.466 e. The number of aromatic nitrogens is 4. The summed E-state index contributed by atoms with van der Waals surface area (Å²) in [6.45, 7) is 5.68. The molecule has 1 aliphatic heterocycles. The van der Waals surface area contributed by atoms with E-state index in [4.69, 9.17) is 0 Å². The maximum Gasteiger partial charge on any atom is 0.302 e. The van der Waals surface area contributed by atoms with Crippen molar-refractivity contribution in [2.24, 2.45) is 5.10 Å². The minimum atomic E-state index is -0.273. The third kappa shape index (κ3) is 7.44. The largest absolute Gasteiger partial charge is 0.466 e. The maximum absolute atomic E-state index is 12.0. The van der Waals surface area contributed by atoms with Gasteiger partial charge < -0.3 is 10.1 Å². The Morgan fingerprint density at radius 1 is 1.21 bits per heavy atom. The van der Waals surface area contributed by atoms with Crippen LogP contribution in [0.2, 0.25) is 0 Å². The zero-order chi connectivity index (χ0) is 20.2. The van der Waals surface area contributed by atoms with Gasteiger partial charge in [0.15, 0.2) is 5.82 Å². The highest BCUT2D eigenvalue weighted by Crippen LogP contribution is 2.09. The number of anilines is 1. The summed E-state index contributed by atoms with van der Waals surface area (Å²) >= 11 is 0. The van der Waals surface area contributed by atoms with Gasteiger partial charge >= 0.3 is 5.97 Å². The Bertz CT molecular complexity index is 776. The number of rotatable bonds is 5. The smallest absolute Gasteiger partial charge is 0.302 e. The van der Waals surface area contributed by atoms with Crippen LogP contribution >= 0.6 is 0 Å². The first-order valence-electron chi connectivity index (χ1n) is 8.93. The quantitative estimate of drug-likeness (QED) is 0.607. The molecular weight excluding hydrogens is 362 g/mol. The number of esters is 1. The van der Waals surface area contributed by atoms with E-state index in [1.807, 2.05) is 18.3 Å². The Hall–Kier alpha value is -3.43. The van der Waals surface area contributed by atoms with E-state index in [0.29, 0.717) is 12.2 Å². The average Bonchev–Trinajstić information content (AvgIpc) is 3.21. The summed E-state index contributed by atoms with van der Waals surface area (Å²) in [5.41, 5.74) is 1.48. The zero-order valence-corrected chi connectivity index (χ0v) is 15.9. The molecule has 0 radical (unpaired) electrons. The Morgan fingerprint density at radius 3 is 2.46 bits per heavy atom. The van der Waals surface area contributed by atoms with Crippen molar-refractivity contribution in [3.05, 3.63) is 41.6 Å². The molecule has 0 atom stereocenters. The third-order valence-electron chi connectivity index (χ3n) is 3.64. The number of nitrogens with zero attached hydrogens (tertiary/aromatic N) is 6. The predicted octanol–water partition coefficient (Wildman–Crippen LogP) is 1.52. The van der Waals surface area contributed by atoms with Crippen molar-refractivity contribution in [3.8, 4) is 0 Å². The molecule has 1 aliphatic rings. The Labute approximate surface area is 163 Å². The number of nitrogens with one attached hydrogen (secondary N) is 1. The summed E-state index contributed by atoms with van der Waals surface area (Å²) in [5.74, 6) is -0.220. The van der Waals surface area contributed by atoms with Crippen LogP contribution in [0.5, 0.6) is 0 Å². The van der Waals surface area contributed by atoms with Gasteiger partial charge in [-0.05, 0) is 47.9 Å². The number of benzene rings is 1. The number of ether oxygens (including phenoxy) is 1. The molecule has 2 aromatic rings. The van der Waals surface area contributed by atoms with E-state index in [0.717, 1.165) is 18.7 Å². The van der Waals surface area contributed by atoms with Crippen LogP contribution in [0.15, 0.2) is 35.6 Å². The lowest BCUT2D eigenvalue weighted by molar-refractivity contribution is -0.140. The highest BCUT2D eigenvalue weighted by atomic mass is 16.5. The lowest BCUT2D eigenvalue weighted by Gasteiger charge is -2.08. The molecule has 10 heteroatoms. The summed E-state index contributed by atoms with van der Waals surface area (Å²) in [4.78, 5) is 21.8. The maximum atomic E-state index is 12.0. The molecule has 1 saturated heterocycles. The predicted molar refractivity (Wildman–Crippen MR) is 103 cm³/mol. The van der Waals surface area contributed by atoms with Gasteiger partial charge in [0.2, 0.25) is 0 Å². The van der Waals surface area contributed by atoms with Crippen LogP contribution < -0.4 is 5.32 Å². The normalized spacial score (nSPS) is 13.0. The highest BCUT2D eigenvalue weighted by molar-refractivity contribution is 6.03. The molecular formula is C18H23N7O3. The number of hydrogen-bond acceptors (Lipinski definition) is 9. The molecule has 0 saturated carbocycles. The lowest BCUT2D eigenvalue weighted by Crippen LogP contribution is -2.14. The molecule has 2 heterocycles. The van der Waals surface area contributed by atoms with Crippen molar-refractivity contribution in [3.63, 3.8) is 0 Å². The van der Waals surface area contributed by atoms with Gasteiger partial charge in [-0.25, -0.2) is 0 Å². The van der Waals surface area contributed by atoms with Crippen LogP contribution in [0.3, 0.4) is 0 Å². The van der Waals surface area contributed by atoms with E-state index in [-0.39, 0.29) is 17.7 Å². The fourth-order valence-corrected chi connectivity index (χ4v) is 2.33. The Balaban J connectivity index is 0.000000409. The topological polar surface area (TPSA) is 123 Å². The third-order valence-corrected chi connectivity index (χ3v) is 3.64. The van der Waals surface area contributed by atoms with Crippen LogP contribution in [0, 0.1) is 0 Å². The molecule has 3 rings (SSSR count). The first-order valence-corrected chi connectivity index (χ1v) is 8.93. The number of hydrazone groups is 1. The molecule has 0 spiro atoms. The summed E-state index contributed by atoms with van der Waals surface area (Å²) in [5, 5.41) is 22.9. The van der Waals surface area contributed by atoms with Gasteiger partial charge in [-0.3, -0.25) is 14.6 Å². The van der Waals surface area contributed by atoms with Crippen LogP contribution in [-0.2, 0) is 9.53 Å². The second kappa shape index (κ2) is 11.3. The molecule has 0 aliphatic carbocycles. The first-order chi connectivity index (χ1) is 13.6. The number of hydrogen-bond donors (Lipinski definition) is 1. The second-order valence-electron chi connectivity index (χ2n) is 5.81. The van der Waals surface area contributed by atoms with E-state index in [9.17, 15) is 9.59 Å². The fourth-order valence-electron chi connectivity index (χ4n) is 2.33. The molecule has 1 amide bonds. The van der Waals surface area contributed by atoms with Crippen molar-refractivity contribution in [1.82, 2.24) is 25.6 Å². The average molecular weight is 385 g/mol. The molecule has 0 bridgehead atoms. The zero-order valence-electron chi connectivity index (χ0n) is 15.9. The van der Waals surface area contributed by atoms with Gasteiger partial charge in [0, 0.05) is 25.6 Å². The second-order valence-corrected chi connectivity index (χ2v) is 5.81. The SMILES string of the molecule is CCOC(C)=O.O=C(Nc1cnnnn1)c1ccc(C=NN2CCCC2)cc1. The fraction of sp³-hybridized carbons (Fsp3) is 0.389. The molecule has 148 valence electrons. The highest BCUT2D eigenvalue weighted by Gasteiger charge is 2.08. The molecule has 1 N–H and O–H groups in total. The van der Waals surface area contributed by atoms with Crippen LogP contribution in [-0.4, -0.2) is 63.4 Å². The minimum absolute atomic E-state index is 0.211. The van der Waals surface area contributed by atoms with Gasteiger partial charge in [0.1, 0.15) is 0 Å². The molecule has 1 aromatic carbocycles. The van der Waals surface area contributed by atoms with Gasteiger partial charge in [0.25, 0.3) is 5.91 Å². The number of carbonyl (C=O) groups excluding carboxylic acids is 2. The van der Waals surface area contributed by atoms with Crippen molar-refractivity contribution in [1.29, 1.82) is 0 Å². The van der Waals surface area contributed by atoms with Crippen LogP contribution in [0.25, 0.3) is 0 Å². The van der Waals surface area contributed by atoms with Crippen LogP contribution in [0.4, 0.5) is 5.82 Å². The molecule has 0 unspecified atom stereocenters. The molecule has 1 aromatic heterocycles. The van der Waals surface area contributed by atoms with Crippen molar-refractivity contribution in [2.45, 2.75) is 26.7 Å². The van der Waals surface area contributed by atoms with Crippen LogP contribution in [0.1, 0.15) is 42.6 Å². The summed E-state index contributed by atoms with van der Waals surface area (Å²) in [6.07, 6.45) is 5.54. The molecule has 28 heavy (non-hydrogen) atoms. The Morgan fingerprint density at radius 2 is 1.93 bits per heavy atom. The first kappa shape index (κ1) is 20.9. The van der Waals surface area contributed by atoms with E-state index in [2.05, 4.69) is 40.8 Å².